The molecule has 0 aliphatic heterocycles. The van der Waals surface area contributed by atoms with E-state index in [-0.39, 0.29) is 5.91 Å². The van der Waals surface area contributed by atoms with E-state index in [1.165, 1.54) is 5.56 Å². The maximum Gasteiger partial charge on any atom is 0.231 e. The third-order valence-corrected chi connectivity index (χ3v) is 3.37. The van der Waals surface area contributed by atoms with Gasteiger partial charge in [-0.1, -0.05) is 26.0 Å². The Balaban J connectivity index is 2.80. The first-order valence-corrected chi connectivity index (χ1v) is 6.16. The van der Waals surface area contributed by atoms with Gasteiger partial charge in [0.15, 0.2) is 0 Å². The predicted molar refractivity (Wildman–Crippen MR) is 71.9 cm³/mol. The minimum Gasteiger partial charge on any atom is -0.329 e. The highest BCUT2D eigenvalue weighted by Crippen LogP contribution is 2.22. The summed E-state index contributed by atoms with van der Waals surface area (Å²) in [5.74, 6) is -0.00393. The van der Waals surface area contributed by atoms with Crippen molar-refractivity contribution in [2.45, 2.75) is 33.6 Å². The molecule has 1 aromatic rings. The number of amides is 1. The van der Waals surface area contributed by atoms with Gasteiger partial charge in [-0.15, -0.1) is 0 Å². The van der Waals surface area contributed by atoms with Crippen molar-refractivity contribution in [1.82, 2.24) is 0 Å². The van der Waals surface area contributed by atoms with Crippen LogP contribution in [0.1, 0.15) is 32.8 Å². The Bertz CT molecular complexity index is 384. The van der Waals surface area contributed by atoms with Crippen LogP contribution in [0.25, 0.3) is 0 Å². The molecule has 3 N–H and O–H groups in total. The average molecular weight is 234 g/mol. The first-order chi connectivity index (χ1) is 8.05. The number of rotatable bonds is 5. The summed E-state index contributed by atoms with van der Waals surface area (Å²) in [7, 11) is 0. The topological polar surface area (TPSA) is 55.1 Å². The Morgan fingerprint density at radius 3 is 2.65 bits per heavy atom. The fourth-order valence-electron chi connectivity index (χ4n) is 1.55. The van der Waals surface area contributed by atoms with Crippen LogP contribution >= 0.6 is 0 Å². The number of nitrogens with one attached hydrogen (secondary N) is 1. The van der Waals surface area contributed by atoms with Crippen LogP contribution in [0.15, 0.2) is 24.3 Å². The molecule has 1 unspecified atom stereocenters. The fourth-order valence-corrected chi connectivity index (χ4v) is 1.55. The number of carbonyl (C=O) groups excluding carboxylic acids is 1. The van der Waals surface area contributed by atoms with E-state index in [9.17, 15) is 4.79 Å². The monoisotopic (exact) mass is 234 g/mol. The first-order valence-electron chi connectivity index (χ1n) is 6.16. The van der Waals surface area contributed by atoms with Crippen LogP contribution in [-0.4, -0.2) is 12.5 Å². The van der Waals surface area contributed by atoms with Crippen molar-refractivity contribution in [1.29, 1.82) is 0 Å². The van der Waals surface area contributed by atoms with Crippen LogP contribution in [0.2, 0.25) is 0 Å². The fraction of sp³-hybridized carbons (Fsp3) is 0.500. The molecule has 1 rings (SSSR count). The quantitative estimate of drug-likeness (QED) is 0.822. The summed E-state index contributed by atoms with van der Waals surface area (Å²) in [6.07, 6.45) is 1.70. The smallest absolute Gasteiger partial charge is 0.231 e. The highest BCUT2D eigenvalue weighted by atomic mass is 16.2. The van der Waals surface area contributed by atoms with Crippen molar-refractivity contribution >= 4 is 11.6 Å². The van der Waals surface area contributed by atoms with Gasteiger partial charge in [-0.25, -0.2) is 0 Å². The molecule has 0 fully saturated rings. The second-order valence-electron chi connectivity index (χ2n) is 4.63. The zero-order chi connectivity index (χ0) is 12.9. The van der Waals surface area contributed by atoms with E-state index in [0.29, 0.717) is 6.54 Å². The lowest BCUT2D eigenvalue weighted by Crippen LogP contribution is -2.39. The van der Waals surface area contributed by atoms with E-state index in [2.05, 4.69) is 18.3 Å². The molecule has 1 aromatic carbocycles. The molecular weight excluding hydrogens is 212 g/mol. The summed E-state index contributed by atoms with van der Waals surface area (Å²) in [6.45, 7) is 6.33. The largest absolute Gasteiger partial charge is 0.329 e. The molecule has 1 amide bonds. The molecular formula is C14H22N2O. The minimum absolute atomic E-state index is 0.00393. The van der Waals surface area contributed by atoms with Gasteiger partial charge in [0, 0.05) is 12.2 Å². The van der Waals surface area contributed by atoms with Crippen LogP contribution in [0.4, 0.5) is 5.69 Å². The Kier molecular flexibility index (Phi) is 4.70. The van der Waals surface area contributed by atoms with Gasteiger partial charge < -0.3 is 11.1 Å². The minimum atomic E-state index is -0.484. The van der Waals surface area contributed by atoms with Crippen LogP contribution in [0.5, 0.6) is 0 Å². The Hall–Kier alpha value is -1.35. The normalized spacial score (nSPS) is 14.1. The molecule has 0 radical (unpaired) electrons. The lowest BCUT2D eigenvalue weighted by molar-refractivity contribution is -0.124. The Morgan fingerprint density at radius 1 is 1.41 bits per heavy atom. The van der Waals surface area contributed by atoms with Gasteiger partial charge in [-0.05, 0) is 37.5 Å². The molecule has 94 valence electrons. The van der Waals surface area contributed by atoms with E-state index in [1.807, 2.05) is 32.0 Å². The van der Waals surface area contributed by atoms with E-state index in [0.717, 1.165) is 18.5 Å². The lowest BCUT2D eigenvalue weighted by Gasteiger charge is -2.25. The van der Waals surface area contributed by atoms with Gasteiger partial charge in [0.1, 0.15) is 0 Å². The van der Waals surface area contributed by atoms with Crippen molar-refractivity contribution in [3.8, 4) is 0 Å². The zero-order valence-corrected chi connectivity index (χ0v) is 10.9. The number of hydrogen-bond acceptors (Lipinski definition) is 2. The Morgan fingerprint density at radius 2 is 2.12 bits per heavy atom. The maximum atomic E-state index is 12.1. The first kappa shape index (κ1) is 13.7. The van der Waals surface area contributed by atoms with Gasteiger partial charge in [0.2, 0.25) is 5.91 Å². The third kappa shape index (κ3) is 3.30. The van der Waals surface area contributed by atoms with Crippen molar-refractivity contribution in [2.24, 2.45) is 11.1 Å². The number of benzene rings is 1. The van der Waals surface area contributed by atoms with Crippen molar-refractivity contribution < 1.29 is 4.79 Å². The molecule has 0 aliphatic carbocycles. The molecule has 3 nitrogen and oxygen atoms in total. The highest BCUT2D eigenvalue weighted by molar-refractivity contribution is 5.95. The molecule has 17 heavy (non-hydrogen) atoms. The SMILES string of the molecule is CCc1cccc(NC(=O)C(C)(CC)CN)c1. The zero-order valence-electron chi connectivity index (χ0n) is 10.9. The Labute approximate surface area is 103 Å². The summed E-state index contributed by atoms with van der Waals surface area (Å²) in [4.78, 5) is 12.1. The summed E-state index contributed by atoms with van der Waals surface area (Å²) in [6, 6.07) is 7.92. The molecule has 0 saturated heterocycles. The maximum absolute atomic E-state index is 12.1. The van der Waals surface area contributed by atoms with Gasteiger partial charge >= 0.3 is 0 Å². The van der Waals surface area contributed by atoms with E-state index >= 15 is 0 Å². The van der Waals surface area contributed by atoms with Crippen LogP contribution in [-0.2, 0) is 11.2 Å². The standard InChI is InChI=1S/C14H22N2O/c1-4-11-7-6-8-12(9-11)16-13(17)14(3,5-2)10-15/h6-9H,4-5,10,15H2,1-3H3,(H,16,17). The molecule has 0 heterocycles. The lowest BCUT2D eigenvalue weighted by atomic mass is 9.86. The predicted octanol–water partition coefficient (Wildman–Crippen LogP) is 2.56. The molecule has 0 aliphatic rings. The average Bonchev–Trinajstić information content (AvgIpc) is 2.37. The van der Waals surface area contributed by atoms with Crippen LogP contribution in [0.3, 0.4) is 0 Å². The van der Waals surface area contributed by atoms with Gasteiger partial charge in [0.05, 0.1) is 5.41 Å². The number of anilines is 1. The number of nitrogens with two attached hydrogens (primary N) is 1. The molecule has 0 spiro atoms. The van der Waals surface area contributed by atoms with Crippen molar-refractivity contribution in [2.75, 3.05) is 11.9 Å². The second-order valence-corrected chi connectivity index (χ2v) is 4.63. The summed E-state index contributed by atoms with van der Waals surface area (Å²) >= 11 is 0. The number of hydrogen-bond donors (Lipinski definition) is 2. The van der Waals surface area contributed by atoms with E-state index in [4.69, 9.17) is 5.73 Å². The van der Waals surface area contributed by atoms with Gasteiger partial charge in [0.25, 0.3) is 0 Å². The van der Waals surface area contributed by atoms with Crippen LogP contribution in [0, 0.1) is 5.41 Å². The molecule has 0 aromatic heterocycles. The molecule has 0 saturated carbocycles. The number of aryl methyl sites for hydroxylation is 1. The van der Waals surface area contributed by atoms with E-state index in [1.54, 1.807) is 0 Å². The third-order valence-electron chi connectivity index (χ3n) is 3.37. The van der Waals surface area contributed by atoms with Crippen molar-refractivity contribution in [3.63, 3.8) is 0 Å². The number of carbonyl (C=O) groups is 1. The second kappa shape index (κ2) is 5.82. The molecule has 1 atom stereocenters. The summed E-state index contributed by atoms with van der Waals surface area (Å²) < 4.78 is 0. The van der Waals surface area contributed by atoms with Gasteiger partial charge in [-0.2, -0.15) is 0 Å². The summed E-state index contributed by atoms with van der Waals surface area (Å²) in [5.41, 5.74) is 7.25. The molecule has 3 heteroatoms. The van der Waals surface area contributed by atoms with Gasteiger partial charge in [-0.3, -0.25) is 4.79 Å². The summed E-state index contributed by atoms with van der Waals surface area (Å²) in [5, 5.41) is 2.94. The van der Waals surface area contributed by atoms with Crippen molar-refractivity contribution in [3.05, 3.63) is 29.8 Å². The van der Waals surface area contributed by atoms with Crippen LogP contribution < -0.4 is 11.1 Å². The highest BCUT2D eigenvalue weighted by Gasteiger charge is 2.29. The van der Waals surface area contributed by atoms with E-state index < -0.39 is 5.41 Å². The molecule has 0 bridgehead atoms.